The number of carbonyl (C=O) groups is 2. The van der Waals surface area contributed by atoms with Crippen LogP contribution in [0, 0.1) is 6.92 Å². The van der Waals surface area contributed by atoms with E-state index in [1.807, 2.05) is 31.2 Å². The van der Waals surface area contributed by atoms with E-state index >= 15 is 0 Å². The van der Waals surface area contributed by atoms with Crippen molar-refractivity contribution in [2.75, 3.05) is 10.6 Å². The van der Waals surface area contributed by atoms with Gasteiger partial charge in [0, 0.05) is 24.3 Å². The minimum atomic E-state index is -3.92. The Labute approximate surface area is 199 Å². The van der Waals surface area contributed by atoms with E-state index in [0.717, 1.165) is 16.7 Å². The molecular formula is C26H27N3O4S. The van der Waals surface area contributed by atoms with Gasteiger partial charge in [-0.25, -0.2) is 8.42 Å². The fourth-order valence-electron chi connectivity index (χ4n) is 3.97. The molecule has 1 unspecified atom stereocenters. The highest BCUT2D eigenvalue weighted by Crippen LogP contribution is 2.30. The van der Waals surface area contributed by atoms with E-state index in [2.05, 4.69) is 10.6 Å². The fraction of sp³-hybridized carbons (Fsp3) is 0.231. The second-order valence-corrected chi connectivity index (χ2v) is 10.2. The van der Waals surface area contributed by atoms with Gasteiger partial charge in [-0.3, -0.25) is 9.59 Å². The molecule has 0 aromatic heterocycles. The zero-order chi connectivity index (χ0) is 24.3. The largest absolute Gasteiger partial charge is 0.326 e. The topological polar surface area (TPSA) is 95.6 Å². The van der Waals surface area contributed by atoms with Crippen molar-refractivity contribution in [1.82, 2.24) is 4.31 Å². The highest BCUT2D eigenvalue weighted by molar-refractivity contribution is 7.89. The number of rotatable bonds is 6. The van der Waals surface area contributed by atoms with Gasteiger partial charge in [-0.1, -0.05) is 55.0 Å². The van der Waals surface area contributed by atoms with Crippen LogP contribution >= 0.6 is 0 Å². The lowest BCUT2D eigenvalue weighted by molar-refractivity contribution is -0.120. The van der Waals surface area contributed by atoms with Crippen LogP contribution < -0.4 is 10.6 Å². The number of carbonyl (C=O) groups excluding carboxylic acids is 2. The van der Waals surface area contributed by atoms with Gasteiger partial charge in [-0.05, 0) is 54.8 Å². The number of anilines is 2. The van der Waals surface area contributed by atoms with Gasteiger partial charge < -0.3 is 10.6 Å². The van der Waals surface area contributed by atoms with E-state index in [1.165, 1.54) is 4.31 Å². The molecule has 0 saturated heterocycles. The first kappa shape index (κ1) is 23.7. The molecular weight excluding hydrogens is 450 g/mol. The van der Waals surface area contributed by atoms with E-state index in [9.17, 15) is 18.0 Å². The van der Waals surface area contributed by atoms with Gasteiger partial charge in [0.05, 0.1) is 4.90 Å². The zero-order valence-corrected chi connectivity index (χ0v) is 19.9. The first-order valence-electron chi connectivity index (χ1n) is 11.1. The van der Waals surface area contributed by atoms with Crippen molar-refractivity contribution in [3.63, 3.8) is 0 Å². The summed E-state index contributed by atoms with van der Waals surface area (Å²) in [6, 6.07) is 20.1. The SMILES string of the molecule is CCC(=O)Nc1cccc(NC(=O)C2Cc3ccccc3CN2S(=O)(=O)c2ccc(C)cc2)c1. The second kappa shape index (κ2) is 9.79. The summed E-state index contributed by atoms with van der Waals surface area (Å²) >= 11 is 0. The number of hydrogen-bond donors (Lipinski definition) is 2. The Bertz CT molecular complexity index is 1320. The van der Waals surface area contributed by atoms with Crippen molar-refractivity contribution >= 4 is 33.2 Å². The van der Waals surface area contributed by atoms with Crippen LogP contribution in [-0.2, 0) is 32.6 Å². The maximum atomic E-state index is 13.6. The predicted octanol–water partition coefficient (Wildman–Crippen LogP) is 4.10. The minimum Gasteiger partial charge on any atom is -0.326 e. The molecule has 0 spiro atoms. The average Bonchev–Trinajstić information content (AvgIpc) is 2.83. The predicted molar refractivity (Wildman–Crippen MR) is 132 cm³/mol. The molecule has 8 heteroatoms. The maximum absolute atomic E-state index is 13.6. The summed E-state index contributed by atoms with van der Waals surface area (Å²) in [5.41, 5.74) is 3.81. The van der Waals surface area contributed by atoms with Crippen molar-refractivity contribution in [3.05, 3.63) is 89.5 Å². The van der Waals surface area contributed by atoms with Gasteiger partial charge in [0.25, 0.3) is 0 Å². The lowest BCUT2D eigenvalue weighted by atomic mass is 9.95. The average molecular weight is 478 g/mol. The van der Waals surface area contributed by atoms with Crippen LogP contribution in [0.4, 0.5) is 11.4 Å². The summed E-state index contributed by atoms with van der Waals surface area (Å²) < 4.78 is 28.4. The molecule has 0 radical (unpaired) electrons. The molecule has 2 N–H and O–H groups in total. The first-order valence-corrected chi connectivity index (χ1v) is 12.6. The first-order chi connectivity index (χ1) is 16.3. The Morgan fingerprint density at radius 1 is 0.912 bits per heavy atom. The Balaban J connectivity index is 1.65. The highest BCUT2D eigenvalue weighted by atomic mass is 32.2. The minimum absolute atomic E-state index is 0.108. The van der Waals surface area contributed by atoms with Crippen molar-refractivity contribution < 1.29 is 18.0 Å². The highest BCUT2D eigenvalue weighted by Gasteiger charge is 2.39. The third-order valence-corrected chi connectivity index (χ3v) is 7.74. The summed E-state index contributed by atoms with van der Waals surface area (Å²) in [6.07, 6.45) is 0.600. The fourth-order valence-corrected chi connectivity index (χ4v) is 5.54. The molecule has 34 heavy (non-hydrogen) atoms. The molecule has 4 rings (SSSR count). The molecule has 2 amide bonds. The van der Waals surface area contributed by atoms with Gasteiger partial charge in [-0.15, -0.1) is 0 Å². The van der Waals surface area contributed by atoms with Crippen molar-refractivity contribution in [1.29, 1.82) is 0 Å². The quantitative estimate of drug-likeness (QED) is 0.559. The number of fused-ring (bicyclic) bond motifs is 1. The molecule has 3 aromatic rings. The van der Waals surface area contributed by atoms with Crippen LogP contribution in [0.5, 0.6) is 0 Å². The number of benzene rings is 3. The number of nitrogens with zero attached hydrogens (tertiary/aromatic N) is 1. The van der Waals surface area contributed by atoms with Crippen LogP contribution in [0.3, 0.4) is 0 Å². The monoisotopic (exact) mass is 477 g/mol. The summed E-state index contributed by atoms with van der Waals surface area (Å²) in [6.45, 7) is 3.75. The van der Waals surface area contributed by atoms with E-state index in [-0.39, 0.29) is 23.8 Å². The number of nitrogens with one attached hydrogen (secondary N) is 2. The third-order valence-electron chi connectivity index (χ3n) is 5.87. The number of amides is 2. The Kier molecular flexibility index (Phi) is 6.81. The van der Waals surface area contributed by atoms with E-state index in [0.29, 0.717) is 17.8 Å². The molecule has 7 nitrogen and oxygen atoms in total. The molecule has 3 aromatic carbocycles. The summed E-state index contributed by atoms with van der Waals surface area (Å²) in [5.74, 6) is -0.563. The summed E-state index contributed by atoms with van der Waals surface area (Å²) in [5, 5.41) is 5.60. The van der Waals surface area contributed by atoms with Gasteiger partial charge in [0.2, 0.25) is 21.8 Å². The van der Waals surface area contributed by atoms with Crippen LogP contribution in [-0.4, -0.2) is 30.6 Å². The standard InChI is InChI=1S/C26H27N3O4S/c1-3-25(30)27-21-9-6-10-22(16-21)28-26(31)24-15-19-7-4-5-8-20(19)17-29(24)34(32,33)23-13-11-18(2)12-14-23/h4-14,16,24H,3,15,17H2,1-2H3,(H,27,30)(H,28,31). The summed E-state index contributed by atoms with van der Waals surface area (Å²) in [4.78, 5) is 25.3. The number of aryl methyl sites for hydroxylation is 1. The molecule has 1 heterocycles. The normalized spacial score (nSPS) is 15.9. The smallest absolute Gasteiger partial charge is 0.244 e. The number of hydrogen-bond acceptors (Lipinski definition) is 4. The van der Waals surface area contributed by atoms with Crippen molar-refractivity contribution in [3.8, 4) is 0 Å². The molecule has 1 aliphatic heterocycles. The van der Waals surface area contributed by atoms with Crippen LogP contribution in [0.15, 0.2) is 77.7 Å². The van der Waals surface area contributed by atoms with Gasteiger partial charge in [-0.2, -0.15) is 4.31 Å². The Hall–Kier alpha value is -3.49. The van der Waals surface area contributed by atoms with Crippen LogP contribution in [0.25, 0.3) is 0 Å². The molecule has 1 atom stereocenters. The van der Waals surface area contributed by atoms with Gasteiger partial charge in [0.15, 0.2) is 0 Å². The van der Waals surface area contributed by atoms with Gasteiger partial charge in [0.1, 0.15) is 6.04 Å². The second-order valence-electron chi connectivity index (χ2n) is 8.32. The third kappa shape index (κ3) is 5.03. The van der Waals surface area contributed by atoms with E-state index in [1.54, 1.807) is 55.5 Å². The number of sulfonamides is 1. The molecule has 0 aliphatic carbocycles. The Morgan fingerprint density at radius 3 is 2.24 bits per heavy atom. The van der Waals surface area contributed by atoms with Crippen molar-refractivity contribution in [2.24, 2.45) is 0 Å². The zero-order valence-electron chi connectivity index (χ0n) is 19.1. The van der Waals surface area contributed by atoms with Crippen molar-refractivity contribution in [2.45, 2.75) is 44.2 Å². The molecule has 176 valence electrons. The van der Waals surface area contributed by atoms with E-state index < -0.39 is 22.0 Å². The van der Waals surface area contributed by atoms with Crippen LogP contribution in [0.2, 0.25) is 0 Å². The van der Waals surface area contributed by atoms with Gasteiger partial charge >= 0.3 is 0 Å². The maximum Gasteiger partial charge on any atom is 0.244 e. The molecule has 1 aliphatic rings. The van der Waals surface area contributed by atoms with E-state index in [4.69, 9.17) is 0 Å². The molecule has 0 saturated carbocycles. The Morgan fingerprint density at radius 2 is 1.56 bits per heavy atom. The summed E-state index contributed by atoms with van der Waals surface area (Å²) in [7, 11) is -3.92. The van der Waals surface area contributed by atoms with Crippen LogP contribution in [0.1, 0.15) is 30.0 Å². The lowest BCUT2D eigenvalue weighted by Crippen LogP contribution is -2.50. The molecule has 0 bridgehead atoms. The lowest BCUT2D eigenvalue weighted by Gasteiger charge is -2.35. The molecule has 0 fully saturated rings.